The van der Waals surface area contributed by atoms with E-state index in [1.165, 1.54) is 0 Å². The molecule has 2 aromatic heterocycles. The number of hydrogen-bond acceptors (Lipinski definition) is 4. The van der Waals surface area contributed by atoms with Crippen LogP contribution in [0.5, 0.6) is 5.88 Å². The molecular formula is C17H17N5O. The van der Waals surface area contributed by atoms with Crippen molar-refractivity contribution in [3.63, 3.8) is 0 Å². The van der Waals surface area contributed by atoms with Gasteiger partial charge in [0.15, 0.2) is 5.82 Å². The van der Waals surface area contributed by atoms with E-state index in [1.807, 2.05) is 43.3 Å². The van der Waals surface area contributed by atoms with Crippen molar-refractivity contribution in [3.05, 3.63) is 59.6 Å². The van der Waals surface area contributed by atoms with Crippen LogP contribution in [0.25, 0.3) is 15.7 Å². The number of hydrogen-bond donors (Lipinski definition) is 1. The molecule has 0 saturated carbocycles. The predicted octanol–water partition coefficient (Wildman–Crippen LogP) is 3.07. The number of benzene rings is 1. The van der Waals surface area contributed by atoms with Gasteiger partial charge in [0.2, 0.25) is 12.4 Å². The molecule has 23 heavy (non-hydrogen) atoms. The first-order chi connectivity index (χ1) is 11.2. The second-order valence-corrected chi connectivity index (χ2v) is 5.30. The van der Waals surface area contributed by atoms with Crippen LogP contribution in [-0.2, 0) is 6.61 Å². The minimum Gasteiger partial charge on any atom is -0.472 e. The number of fused-ring (bicyclic) bond motifs is 1. The summed E-state index contributed by atoms with van der Waals surface area (Å²) in [5, 5.41) is 5.05. The molecule has 0 saturated heterocycles. The number of rotatable bonds is 5. The van der Waals surface area contributed by atoms with Crippen molar-refractivity contribution in [2.24, 2.45) is 0 Å². The smallest absolute Gasteiger partial charge is 0.236 e. The number of pyridine rings is 1. The normalized spacial score (nSPS) is 12.0. The van der Waals surface area contributed by atoms with Crippen LogP contribution in [0.1, 0.15) is 18.5 Å². The Morgan fingerprint density at radius 2 is 2.09 bits per heavy atom. The first kappa shape index (κ1) is 14.9. The molecule has 3 aromatic rings. The molecular weight excluding hydrogens is 290 g/mol. The lowest BCUT2D eigenvalue weighted by molar-refractivity contribution is 0.298. The summed E-state index contributed by atoms with van der Waals surface area (Å²) in [7, 11) is 0. The number of ether oxygens (including phenoxy) is 1. The van der Waals surface area contributed by atoms with E-state index >= 15 is 0 Å². The lowest BCUT2D eigenvalue weighted by Crippen LogP contribution is -2.09. The molecule has 2 N–H and O–H groups in total. The second-order valence-electron chi connectivity index (χ2n) is 5.30. The SMILES string of the molecule is [C-]#[N+]CC(C)n1nc(N)c2c(OCc3ccccc3)nccc21. The molecule has 0 aliphatic carbocycles. The van der Waals surface area contributed by atoms with Crippen LogP contribution in [0.2, 0.25) is 0 Å². The zero-order chi connectivity index (χ0) is 16.2. The largest absolute Gasteiger partial charge is 0.472 e. The summed E-state index contributed by atoms with van der Waals surface area (Å²) >= 11 is 0. The van der Waals surface area contributed by atoms with Crippen LogP contribution >= 0.6 is 0 Å². The van der Waals surface area contributed by atoms with Gasteiger partial charge >= 0.3 is 0 Å². The van der Waals surface area contributed by atoms with Gasteiger partial charge in [-0.25, -0.2) is 11.6 Å². The molecule has 0 spiro atoms. The number of nitrogen functional groups attached to an aromatic ring is 1. The molecule has 0 radical (unpaired) electrons. The molecule has 6 heteroatoms. The summed E-state index contributed by atoms with van der Waals surface area (Å²) in [6.45, 7) is 9.71. The third-order valence-electron chi connectivity index (χ3n) is 3.60. The summed E-state index contributed by atoms with van der Waals surface area (Å²) in [5.74, 6) is 0.832. The quantitative estimate of drug-likeness (QED) is 0.735. The fraction of sp³-hybridized carbons (Fsp3) is 0.235. The van der Waals surface area contributed by atoms with Crippen molar-refractivity contribution >= 4 is 16.7 Å². The molecule has 0 aliphatic heterocycles. The fourth-order valence-electron chi connectivity index (χ4n) is 2.47. The summed E-state index contributed by atoms with van der Waals surface area (Å²) in [5.41, 5.74) is 7.94. The molecule has 0 bridgehead atoms. The van der Waals surface area contributed by atoms with Crippen LogP contribution in [0, 0.1) is 6.57 Å². The molecule has 3 rings (SSSR count). The second kappa shape index (κ2) is 6.36. The molecule has 1 unspecified atom stereocenters. The molecule has 1 aromatic carbocycles. The van der Waals surface area contributed by atoms with Gasteiger partial charge < -0.3 is 15.3 Å². The minimum absolute atomic E-state index is 0.0586. The first-order valence-electron chi connectivity index (χ1n) is 7.33. The Bertz CT molecular complexity index is 851. The summed E-state index contributed by atoms with van der Waals surface area (Å²) in [4.78, 5) is 7.71. The highest BCUT2D eigenvalue weighted by Crippen LogP contribution is 2.30. The monoisotopic (exact) mass is 307 g/mol. The maximum Gasteiger partial charge on any atom is 0.236 e. The van der Waals surface area contributed by atoms with Crippen LogP contribution in [0.3, 0.4) is 0 Å². The topological polar surface area (TPSA) is 70.3 Å². The van der Waals surface area contributed by atoms with Crippen molar-refractivity contribution < 1.29 is 4.74 Å². The van der Waals surface area contributed by atoms with Crippen LogP contribution < -0.4 is 10.5 Å². The van der Waals surface area contributed by atoms with Crippen molar-refractivity contribution in [2.45, 2.75) is 19.6 Å². The number of nitrogens with zero attached hydrogens (tertiary/aromatic N) is 4. The Morgan fingerprint density at radius 3 is 2.83 bits per heavy atom. The third-order valence-corrected chi connectivity index (χ3v) is 3.60. The zero-order valence-electron chi connectivity index (χ0n) is 12.8. The Kier molecular flexibility index (Phi) is 4.11. The minimum atomic E-state index is -0.0586. The van der Waals surface area contributed by atoms with Gasteiger partial charge in [-0.05, 0) is 18.6 Å². The summed E-state index contributed by atoms with van der Waals surface area (Å²) < 4.78 is 7.60. The lowest BCUT2D eigenvalue weighted by atomic mass is 10.2. The molecule has 2 heterocycles. The van der Waals surface area contributed by atoms with Gasteiger partial charge in [-0.3, -0.25) is 4.68 Å². The van der Waals surface area contributed by atoms with Gasteiger partial charge in [-0.15, -0.1) is 0 Å². The Labute approximate surface area is 134 Å². The maximum atomic E-state index is 7.02. The third kappa shape index (κ3) is 2.94. The molecule has 116 valence electrons. The Balaban J connectivity index is 1.94. The molecule has 0 aliphatic rings. The van der Waals surface area contributed by atoms with E-state index in [0.717, 1.165) is 11.1 Å². The van der Waals surface area contributed by atoms with E-state index in [0.29, 0.717) is 30.2 Å². The van der Waals surface area contributed by atoms with Gasteiger partial charge in [-0.1, -0.05) is 30.3 Å². The summed E-state index contributed by atoms with van der Waals surface area (Å²) in [6, 6.07) is 11.7. The van der Waals surface area contributed by atoms with E-state index in [4.69, 9.17) is 17.0 Å². The number of anilines is 1. The highest BCUT2D eigenvalue weighted by molar-refractivity contribution is 5.93. The Hall–Kier alpha value is -3.07. The summed E-state index contributed by atoms with van der Waals surface area (Å²) in [6.07, 6.45) is 1.67. The van der Waals surface area contributed by atoms with Crippen molar-refractivity contribution in [1.82, 2.24) is 14.8 Å². The van der Waals surface area contributed by atoms with Crippen LogP contribution in [0.4, 0.5) is 5.82 Å². The predicted molar refractivity (Wildman–Crippen MR) is 88.9 cm³/mol. The molecule has 0 fully saturated rings. The van der Waals surface area contributed by atoms with Gasteiger partial charge in [0.25, 0.3) is 0 Å². The van der Waals surface area contributed by atoms with Gasteiger partial charge in [0, 0.05) is 6.20 Å². The first-order valence-corrected chi connectivity index (χ1v) is 7.33. The standard InChI is InChI=1S/C17H17N5O/c1-12(10-19-2)22-14-8-9-20-17(15(14)16(18)21-22)23-11-13-6-4-3-5-7-13/h3-9,12H,10-11H2,1H3,(H2,18,21). The van der Waals surface area contributed by atoms with Crippen molar-refractivity contribution in [1.29, 1.82) is 0 Å². The average Bonchev–Trinajstić information content (AvgIpc) is 2.92. The highest BCUT2D eigenvalue weighted by atomic mass is 16.5. The molecule has 0 amide bonds. The number of aromatic nitrogens is 3. The van der Waals surface area contributed by atoms with E-state index in [1.54, 1.807) is 10.9 Å². The average molecular weight is 307 g/mol. The maximum absolute atomic E-state index is 7.02. The Morgan fingerprint density at radius 1 is 1.30 bits per heavy atom. The van der Waals surface area contributed by atoms with Gasteiger partial charge in [-0.2, -0.15) is 5.10 Å². The number of nitrogens with two attached hydrogens (primary N) is 1. The highest BCUT2D eigenvalue weighted by Gasteiger charge is 2.19. The molecule has 6 nitrogen and oxygen atoms in total. The fourth-order valence-corrected chi connectivity index (χ4v) is 2.47. The molecule has 1 atom stereocenters. The van der Waals surface area contributed by atoms with Crippen LogP contribution in [0.15, 0.2) is 42.6 Å². The van der Waals surface area contributed by atoms with Crippen molar-refractivity contribution in [3.8, 4) is 5.88 Å². The van der Waals surface area contributed by atoms with Crippen LogP contribution in [-0.4, -0.2) is 21.3 Å². The van der Waals surface area contributed by atoms with Gasteiger partial charge in [0.05, 0.1) is 5.52 Å². The van der Waals surface area contributed by atoms with Crippen molar-refractivity contribution in [2.75, 3.05) is 12.3 Å². The zero-order valence-corrected chi connectivity index (χ0v) is 12.8. The lowest BCUT2D eigenvalue weighted by Gasteiger charge is -2.08. The van der Waals surface area contributed by atoms with E-state index in [2.05, 4.69) is 14.9 Å². The van der Waals surface area contributed by atoms with Gasteiger partial charge in [0.1, 0.15) is 18.0 Å². The van der Waals surface area contributed by atoms with E-state index in [9.17, 15) is 0 Å². The van der Waals surface area contributed by atoms with E-state index < -0.39 is 0 Å². The van der Waals surface area contributed by atoms with E-state index in [-0.39, 0.29) is 6.04 Å².